The smallest absolute Gasteiger partial charge is 0.259 e. The number of carbonyl (C=O) groups is 1. The molecule has 0 aliphatic heterocycles. The number of nitrogens with one attached hydrogen (secondary N) is 1. The van der Waals surface area contributed by atoms with Gasteiger partial charge in [0.2, 0.25) is 11.7 Å². The Kier molecular flexibility index (Phi) is 5.42. The van der Waals surface area contributed by atoms with Gasteiger partial charge < -0.3 is 9.84 Å². The number of hydrogen-bond acceptors (Lipinski definition) is 6. The maximum absolute atomic E-state index is 13.0. The fraction of sp³-hybridized carbons (Fsp3) is 0.0417. The van der Waals surface area contributed by atoms with Crippen LogP contribution in [0.3, 0.4) is 0 Å². The number of halogens is 1. The van der Waals surface area contributed by atoms with Crippen molar-refractivity contribution in [2.45, 2.75) is 6.54 Å². The topological polar surface area (TPSA) is 103 Å². The Balaban J connectivity index is 1.50. The van der Waals surface area contributed by atoms with Crippen molar-refractivity contribution in [3.05, 3.63) is 94.5 Å². The minimum absolute atomic E-state index is 0.158. The number of anilines is 1. The summed E-state index contributed by atoms with van der Waals surface area (Å²) < 4.78 is 6.87. The van der Waals surface area contributed by atoms with Gasteiger partial charge in [0.05, 0.1) is 11.1 Å². The molecule has 3 heterocycles. The first-order valence-corrected chi connectivity index (χ1v) is 10.4. The van der Waals surface area contributed by atoms with Crippen LogP contribution in [0, 0.1) is 0 Å². The zero-order chi connectivity index (χ0) is 22.8. The zero-order valence-corrected chi connectivity index (χ0v) is 17.9. The van der Waals surface area contributed by atoms with E-state index in [0.717, 1.165) is 5.56 Å². The molecule has 0 atom stereocenters. The number of amides is 1. The average molecular weight is 458 g/mol. The number of pyridine rings is 2. The third-order valence-corrected chi connectivity index (χ3v) is 5.30. The van der Waals surface area contributed by atoms with Gasteiger partial charge in [-0.3, -0.25) is 19.1 Å². The van der Waals surface area contributed by atoms with E-state index in [4.69, 9.17) is 16.1 Å². The average Bonchev–Trinajstić information content (AvgIpc) is 3.33. The van der Waals surface area contributed by atoms with Gasteiger partial charge in [0.1, 0.15) is 6.54 Å². The Morgan fingerprint density at radius 3 is 2.58 bits per heavy atom. The normalized spacial score (nSPS) is 10.9. The van der Waals surface area contributed by atoms with E-state index in [1.54, 1.807) is 60.9 Å². The van der Waals surface area contributed by atoms with Crippen LogP contribution in [0.1, 0.15) is 0 Å². The molecule has 0 spiro atoms. The number of nitrogens with zero attached hydrogens (tertiary/aromatic N) is 4. The van der Waals surface area contributed by atoms with Gasteiger partial charge in [-0.2, -0.15) is 4.98 Å². The molecule has 0 bridgehead atoms. The highest BCUT2D eigenvalue weighted by molar-refractivity contribution is 6.30. The first-order chi connectivity index (χ1) is 16.1. The molecule has 0 saturated heterocycles. The van der Waals surface area contributed by atoms with E-state index in [1.807, 2.05) is 12.1 Å². The lowest BCUT2D eigenvalue weighted by Gasteiger charge is -2.12. The Labute approximate surface area is 192 Å². The molecule has 0 aliphatic rings. The summed E-state index contributed by atoms with van der Waals surface area (Å²) in [5.74, 6) is 0.269. The summed E-state index contributed by atoms with van der Waals surface area (Å²) in [4.78, 5) is 34.1. The first-order valence-electron chi connectivity index (χ1n) is 10.0. The van der Waals surface area contributed by atoms with Gasteiger partial charge in [-0.05, 0) is 42.5 Å². The Morgan fingerprint density at radius 1 is 1.03 bits per heavy atom. The minimum Gasteiger partial charge on any atom is -0.334 e. The van der Waals surface area contributed by atoms with Gasteiger partial charge in [-0.1, -0.05) is 35.0 Å². The minimum atomic E-state index is -0.362. The standard InChI is InChI=1S/C24H16ClN5O3/c25-16-5-7-17(8-6-16)27-21(31)14-30-20-4-2-1-3-18(20)19(13-22(30)32)24-28-23(29-33-24)15-9-11-26-12-10-15/h1-13H,14H2,(H,27,31). The van der Waals surface area contributed by atoms with Crippen LogP contribution in [0.5, 0.6) is 0 Å². The molecule has 5 aromatic rings. The quantitative estimate of drug-likeness (QED) is 0.419. The molecule has 1 amide bonds. The predicted octanol–water partition coefficient (Wildman–Crippen LogP) is 4.41. The maximum Gasteiger partial charge on any atom is 0.259 e. The second-order valence-electron chi connectivity index (χ2n) is 7.21. The number of benzene rings is 2. The number of para-hydroxylation sites is 1. The van der Waals surface area contributed by atoms with E-state index in [9.17, 15) is 9.59 Å². The summed E-state index contributed by atoms with van der Waals surface area (Å²) in [5.41, 5.74) is 2.05. The van der Waals surface area contributed by atoms with E-state index < -0.39 is 0 Å². The fourth-order valence-electron chi connectivity index (χ4n) is 3.50. The van der Waals surface area contributed by atoms with Gasteiger partial charge in [0, 0.05) is 40.1 Å². The largest absolute Gasteiger partial charge is 0.334 e. The van der Waals surface area contributed by atoms with Crippen LogP contribution in [-0.4, -0.2) is 25.6 Å². The molecule has 9 heteroatoms. The summed E-state index contributed by atoms with van der Waals surface area (Å²) in [6, 6.07) is 18.9. The molecular weight excluding hydrogens is 442 g/mol. The molecule has 1 N–H and O–H groups in total. The van der Waals surface area contributed by atoms with Crippen LogP contribution in [-0.2, 0) is 11.3 Å². The van der Waals surface area contributed by atoms with E-state index in [-0.39, 0.29) is 23.9 Å². The predicted molar refractivity (Wildman–Crippen MR) is 125 cm³/mol. The molecule has 3 aromatic heterocycles. The van der Waals surface area contributed by atoms with Crippen LogP contribution in [0.4, 0.5) is 5.69 Å². The molecule has 8 nitrogen and oxygen atoms in total. The molecule has 2 aromatic carbocycles. The molecule has 5 rings (SSSR count). The molecular formula is C24H16ClN5O3. The van der Waals surface area contributed by atoms with Crippen molar-refractivity contribution in [2.75, 3.05) is 5.32 Å². The highest BCUT2D eigenvalue weighted by Crippen LogP contribution is 2.28. The second-order valence-corrected chi connectivity index (χ2v) is 7.65. The van der Waals surface area contributed by atoms with Gasteiger partial charge in [-0.25, -0.2) is 0 Å². The van der Waals surface area contributed by atoms with Crippen molar-refractivity contribution in [3.63, 3.8) is 0 Å². The van der Waals surface area contributed by atoms with Gasteiger partial charge in [0.25, 0.3) is 11.4 Å². The Bertz CT molecular complexity index is 1510. The molecule has 0 saturated carbocycles. The van der Waals surface area contributed by atoms with E-state index in [1.165, 1.54) is 10.6 Å². The van der Waals surface area contributed by atoms with Crippen LogP contribution in [0.2, 0.25) is 5.02 Å². The molecule has 0 aliphatic carbocycles. The summed E-state index contributed by atoms with van der Waals surface area (Å²) >= 11 is 5.89. The Hall–Kier alpha value is -4.30. The highest BCUT2D eigenvalue weighted by Gasteiger charge is 2.17. The SMILES string of the molecule is O=C(Cn1c(=O)cc(-c2nc(-c3ccncc3)no2)c2ccccc21)Nc1ccc(Cl)cc1. The van der Waals surface area contributed by atoms with Crippen LogP contribution < -0.4 is 10.9 Å². The van der Waals surface area contributed by atoms with Gasteiger partial charge >= 0.3 is 0 Å². The zero-order valence-electron chi connectivity index (χ0n) is 17.1. The van der Waals surface area contributed by atoms with Gasteiger partial charge in [0.15, 0.2) is 0 Å². The van der Waals surface area contributed by atoms with Crippen LogP contribution in [0.15, 0.2) is 88.4 Å². The number of aromatic nitrogens is 4. The monoisotopic (exact) mass is 457 g/mol. The van der Waals surface area contributed by atoms with E-state index >= 15 is 0 Å². The molecule has 0 fully saturated rings. The lowest BCUT2D eigenvalue weighted by Crippen LogP contribution is -2.27. The molecule has 0 unspecified atom stereocenters. The van der Waals surface area contributed by atoms with Crippen molar-refractivity contribution in [1.82, 2.24) is 19.7 Å². The second kappa shape index (κ2) is 8.68. The number of rotatable bonds is 5. The number of carbonyl (C=O) groups excluding carboxylic acids is 1. The van der Waals surface area contributed by atoms with Gasteiger partial charge in [-0.15, -0.1) is 0 Å². The highest BCUT2D eigenvalue weighted by atomic mass is 35.5. The maximum atomic E-state index is 13.0. The van der Waals surface area contributed by atoms with Crippen LogP contribution >= 0.6 is 11.6 Å². The van der Waals surface area contributed by atoms with Crippen molar-refractivity contribution in [1.29, 1.82) is 0 Å². The summed E-state index contributed by atoms with van der Waals surface area (Å²) in [6.07, 6.45) is 3.27. The van der Waals surface area contributed by atoms with E-state index in [0.29, 0.717) is 33.0 Å². The molecule has 33 heavy (non-hydrogen) atoms. The summed E-state index contributed by atoms with van der Waals surface area (Å²) in [7, 11) is 0. The third-order valence-electron chi connectivity index (χ3n) is 5.04. The van der Waals surface area contributed by atoms with Crippen LogP contribution in [0.25, 0.3) is 33.7 Å². The van der Waals surface area contributed by atoms with Crippen molar-refractivity contribution in [3.8, 4) is 22.8 Å². The fourth-order valence-corrected chi connectivity index (χ4v) is 3.63. The summed E-state index contributed by atoms with van der Waals surface area (Å²) in [6.45, 7) is -0.158. The number of fused-ring (bicyclic) bond motifs is 1. The number of hydrogen-bond donors (Lipinski definition) is 1. The third kappa shape index (κ3) is 4.24. The van der Waals surface area contributed by atoms with Crippen molar-refractivity contribution < 1.29 is 9.32 Å². The lowest BCUT2D eigenvalue weighted by atomic mass is 10.1. The lowest BCUT2D eigenvalue weighted by molar-refractivity contribution is -0.116. The van der Waals surface area contributed by atoms with E-state index in [2.05, 4.69) is 20.4 Å². The van der Waals surface area contributed by atoms with Crippen molar-refractivity contribution >= 4 is 34.1 Å². The molecule has 162 valence electrons. The summed E-state index contributed by atoms with van der Waals surface area (Å²) in [5, 5.41) is 8.08. The first kappa shape index (κ1) is 20.6. The van der Waals surface area contributed by atoms with Crippen molar-refractivity contribution in [2.24, 2.45) is 0 Å². The molecule has 0 radical (unpaired) electrons. The Morgan fingerprint density at radius 2 is 1.79 bits per heavy atom.